The fraction of sp³-hybridized carbons (Fsp3) is 0.452. The summed E-state index contributed by atoms with van der Waals surface area (Å²) in [4.78, 5) is 9.19. The van der Waals surface area contributed by atoms with E-state index in [4.69, 9.17) is 4.99 Å². The number of nitrogens with one attached hydrogen (secondary N) is 3. The fourth-order valence-electron chi connectivity index (χ4n) is 9.26. The van der Waals surface area contributed by atoms with Crippen LogP contribution in [0.5, 0.6) is 0 Å². The number of aromatic amines is 1. The Bertz CT molecular complexity index is 1770. The van der Waals surface area contributed by atoms with Crippen molar-refractivity contribution in [3.63, 3.8) is 0 Å². The fourth-order valence-corrected chi connectivity index (χ4v) is 9.26. The zero-order valence-corrected chi connectivity index (χ0v) is 28.2. The van der Waals surface area contributed by atoms with Gasteiger partial charge in [-0.05, 0) is 103 Å². The van der Waals surface area contributed by atoms with E-state index in [1.165, 1.54) is 94.7 Å². The molecule has 8 rings (SSSR count). The van der Waals surface area contributed by atoms with Crippen LogP contribution in [-0.4, -0.2) is 23.8 Å². The van der Waals surface area contributed by atoms with Crippen LogP contribution in [-0.2, 0) is 18.3 Å². The average Bonchev–Trinajstić information content (AvgIpc) is 3.93. The number of aryl methyl sites for hydroxylation is 1. The SMILES string of the molecule is CCc1cc(-c2ccc(-c3ccc(C4=CCC(CC)C(C5=CC(C)CN5)=N4)cc3)c3c2CCC32CCCC2)[nH]c1C1C=C(C)CN1. The summed E-state index contributed by atoms with van der Waals surface area (Å²) in [7, 11) is 0. The molecule has 0 bridgehead atoms. The molecule has 3 unspecified atom stereocenters. The van der Waals surface area contributed by atoms with Gasteiger partial charge in [0, 0.05) is 36.0 Å². The summed E-state index contributed by atoms with van der Waals surface area (Å²) in [6.07, 6.45) is 18.2. The van der Waals surface area contributed by atoms with Gasteiger partial charge in [0.1, 0.15) is 0 Å². The third kappa shape index (κ3) is 5.04. The van der Waals surface area contributed by atoms with Gasteiger partial charge in [-0.2, -0.15) is 0 Å². The standard InChI is InChI=1S/C42H50N4/c1-5-28-13-16-35(45-40(28)37-21-26(3)24-43-37)31-11-9-30(10-12-31)32-14-15-33(34-17-20-42(39(32)34)18-7-8-19-42)36-23-29(6-2)41(46-36)38-22-27(4)25-44-38/h9-12,14-16,21-23,26,28,38,43-44,46H,5-8,13,17-20,24-25H2,1-4H3. The molecule has 1 aromatic heterocycles. The van der Waals surface area contributed by atoms with Gasteiger partial charge < -0.3 is 15.6 Å². The number of fused-ring (bicyclic) bond motifs is 2. The highest BCUT2D eigenvalue weighted by Gasteiger charge is 2.43. The van der Waals surface area contributed by atoms with Crippen molar-refractivity contribution in [2.75, 3.05) is 13.1 Å². The Balaban J connectivity index is 1.16. The number of aliphatic imine (C=N–C) groups is 1. The van der Waals surface area contributed by atoms with Crippen molar-refractivity contribution >= 4 is 11.4 Å². The normalized spacial score (nSPS) is 24.9. The van der Waals surface area contributed by atoms with E-state index in [1.807, 2.05) is 0 Å². The lowest BCUT2D eigenvalue weighted by Crippen LogP contribution is -2.25. The molecule has 3 N–H and O–H groups in total. The van der Waals surface area contributed by atoms with Crippen LogP contribution in [0.1, 0.15) is 107 Å². The van der Waals surface area contributed by atoms with E-state index in [9.17, 15) is 0 Å². The Morgan fingerprint density at radius 2 is 1.72 bits per heavy atom. The number of H-pyrrole nitrogens is 1. The number of hydrogen-bond acceptors (Lipinski definition) is 3. The van der Waals surface area contributed by atoms with Gasteiger partial charge in [-0.25, -0.2) is 0 Å². The summed E-state index contributed by atoms with van der Waals surface area (Å²) >= 11 is 0. The van der Waals surface area contributed by atoms with Crippen molar-refractivity contribution in [3.05, 3.63) is 99.9 Å². The van der Waals surface area contributed by atoms with Gasteiger partial charge in [0.2, 0.25) is 0 Å². The molecule has 5 aliphatic rings. The molecule has 0 saturated heterocycles. The number of allylic oxidation sites excluding steroid dienone is 2. The van der Waals surface area contributed by atoms with Crippen LogP contribution in [0.4, 0.5) is 0 Å². The smallest absolute Gasteiger partial charge is 0.0672 e. The van der Waals surface area contributed by atoms with Crippen LogP contribution in [0.3, 0.4) is 0 Å². The first-order chi connectivity index (χ1) is 22.5. The molecule has 4 heteroatoms. The minimum absolute atomic E-state index is 0.290. The second-order valence-electron chi connectivity index (χ2n) is 14.8. The maximum absolute atomic E-state index is 5.27. The molecule has 46 heavy (non-hydrogen) atoms. The second-order valence-corrected chi connectivity index (χ2v) is 14.8. The second kappa shape index (κ2) is 11.9. The Morgan fingerprint density at radius 3 is 2.41 bits per heavy atom. The molecule has 2 aromatic carbocycles. The van der Waals surface area contributed by atoms with Crippen molar-refractivity contribution in [3.8, 4) is 22.4 Å². The summed E-state index contributed by atoms with van der Waals surface area (Å²) in [6, 6.07) is 17.0. The lowest BCUT2D eigenvalue weighted by Gasteiger charge is -2.28. The van der Waals surface area contributed by atoms with Crippen molar-refractivity contribution in [2.45, 2.75) is 96.9 Å². The monoisotopic (exact) mass is 610 g/mol. The van der Waals surface area contributed by atoms with E-state index < -0.39 is 0 Å². The number of hydrogen-bond donors (Lipinski definition) is 3. The van der Waals surface area contributed by atoms with E-state index in [1.54, 1.807) is 11.1 Å². The number of rotatable bonds is 7. The van der Waals surface area contributed by atoms with Gasteiger partial charge in [-0.3, -0.25) is 4.99 Å². The molecule has 3 aliphatic heterocycles. The summed E-state index contributed by atoms with van der Waals surface area (Å²) in [5.41, 5.74) is 18.1. The first kappa shape index (κ1) is 29.8. The highest BCUT2D eigenvalue weighted by molar-refractivity contribution is 6.05. The molecule has 4 nitrogen and oxygen atoms in total. The molecule has 3 atom stereocenters. The maximum Gasteiger partial charge on any atom is 0.0672 e. The Labute approximate surface area is 275 Å². The van der Waals surface area contributed by atoms with Crippen LogP contribution in [0, 0.1) is 11.8 Å². The molecule has 0 radical (unpaired) electrons. The van der Waals surface area contributed by atoms with Crippen molar-refractivity contribution in [1.29, 1.82) is 0 Å². The molecule has 1 fully saturated rings. The van der Waals surface area contributed by atoms with Gasteiger partial charge in [-0.15, -0.1) is 0 Å². The number of benzene rings is 2. The Kier molecular flexibility index (Phi) is 7.68. The van der Waals surface area contributed by atoms with Gasteiger partial charge in [-0.1, -0.05) is 93.8 Å². The predicted molar refractivity (Wildman–Crippen MR) is 193 cm³/mol. The largest absolute Gasteiger partial charge is 0.383 e. The molecular weight excluding hydrogens is 560 g/mol. The molecule has 1 saturated carbocycles. The van der Waals surface area contributed by atoms with Crippen LogP contribution in [0.2, 0.25) is 0 Å². The maximum atomic E-state index is 5.27. The molecule has 4 heterocycles. The topological polar surface area (TPSA) is 52.2 Å². The molecule has 3 aromatic rings. The van der Waals surface area contributed by atoms with E-state index in [0.29, 0.717) is 17.3 Å². The minimum Gasteiger partial charge on any atom is -0.383 e. The number of nitrogens with zero attached hydrogens (tertiary/aromatic N) is 1. The lowest BCUT2D eigenvalue weighted by atomic mass is 9.76. The molecule has 0 amide bonds. The van der Waals surface area contributed by atoms with Gasteiger partial charge in [0.15, 0.2) is 0 Å². The number of aromatic nitrogens is 1. The van der Waals surface area contributed by atoms with Gasteiger partial charge >= 0.3 is 0 Å². The predicted octanol–water partition coefficient (Wildman–Crippen LogP) is 9.59. The third-order valence-corrected chi connectivity index (χ3v) is 11.8. The molecular formula is C42H50N4. The third-order valence-electron chi connectivity index (χ3n) is 11.8. The quantitative estimate of drug-likeness (QED) is 0.233. The van der Waals surface area contributed by atoms with Gasteiger partial charge in [0.25, 0.3) is 0 Å². The van der Waals surface area contributed by atoms with E-state index in [2.05, 4.69) is 104 Å². The summed E-state index contributed by atoms with van der Waals surface area (Å²) < 4.78 is 0. The Hall–Kier alpha value is -3.63. The highest BCUT2D eigenvalue weighted by atomic mass is 15.0. The van der Waals surface area contributed by atoms with Crippen LogP contribution < -0.4 is 10.6 Å². The lowest BCUT2D eigenvalue weighted by molar-refractivity contribution is 0.440. The zero-order valence-electron chi connectivity index (χ0n) is 28.2. The van der Waals surface area contributed by atoms with Crippen LogP contribution in [0.15, 0.2) is 77.0 Å². The van der Waals surface area contributed by atoms with Crippen molar-refractivity contribution in [1.82, 2.24) is 15.6 Å². The minimum atomic E-state index is 0.290. The summed E-state index contributed by atoms with van der Waals surface area (Å²) in [5, 5.41) is 7.32. The highest BCUT2D eigenvalue weighted by Crippen LogP contribution is 2.55. The summed E-state index contributed by atoms with van der Waals surface area (Å²) in [6.45, 7) is 11.1. The van der Waals surface area contributed by atoms with E-state index in [0.717, 1.165) is 38.0 Å². The van der Waals surface area contributed by atoms with E-state index >= 15 is 0 Å². The zero-order chi connectivity index (χ0) is 31.4. The van der Waals surface area contributed by atoms with Crippen molar-refractivity contribution in [2.24, 2.45) is 16.8 Å². The molecule has 2 aliphatic carbocycles. The Morgan fingerprint density at radius 1 is 0.935 bits per heavy atom. The van der Waals surface area contributed by atoms with Gasteiger partial charge in [0.05, 0.1) is 23.1 Å². The summed E-state index contributed by atoms with van der Waals surface area (Å²) in [5.74, 6) is 1.06. The first-order valence-electron chi connectivity index (χ1n) is 18.1. The first-order valence-corrected chi connectivity index (χ1v) is 18.1. The molecule has 238 valence electrons. The van der Waals surface area contributed by atoms with Crippen molar-refractivity contribution < 1.29 is 0 Å². The van der Waals surface area contributed by atoms with Crippen LogP contribution >= 0.6 is 0 Å². The van der Waals surface area contributed by atoms with Crippen LogP contribution in [0.25, 0.3) is 28.1 Å². The molecule has 1 spiro atoms. The van der Waals surface area contributed by atoms with E-state index in [-0.39, 0.29) is 6.04 Å². The average molecular weight is 611 g/mol.